The third-order valence-corrected chi connectivity index (χ3v) is 5.34. The molecule has 29 heavy (non-hydrogen) atoms. The SMILES string of the molecule is Cc1ccc(CN2CCC(CN(C)C(=O)c3ccnc(-n4cnnn4)c3)CC2)o1. The van der Waals surface area contributed by atoms with Gasteiger partial charge >= 0.3 is 0 Å². The van der Waals surface area contributed by atoms with Gasteiger partial charge in [-0.15, -0.1) is 5.10 Å². The van der Waals surface area contributed by atoms with Crippen molar-refractivity contribution in [2.75, 3.05) is 26.7 Å². The summed E-state index contributed by atoms with van der Waals surface area (Å²) < 4.78 is 7.12. The second-order valence-electron chi connectivity index (χ2n) is 7.57. The number of nitrogens with zero attached hydrogens (tertiary/aromatic N) is 7. The number of pyridine rings is 1. The van der Waals surface area contributed by atoms with E-state index in [2.05, 4.69) is 25.4 Å². The van der Waals surface area contributed by atoms with Crippen molar-refractivity contribution < 1.29 is 9.21 Å². The summed E-state index contributed by atoms with van der Waals surface area (Å²) in [7, 11) is 1.86. The van der Waals surface area contributed by atoms with Crippen molar-refractivity contribution >= 4 is 5.91 Å². The lowest BCUT2D eigenvalue weighted by molar-refractivity contribution is 0.0735. The molecule has 0 spiro atoms. The number of hydrogen-bond acceptors (Lipinski definition) is 7. The van der Waals surface area contributed by atoms with Crippen LogP contribution in [0.3, 0.4) is 0 Å². The first-order chi connectivity index (χ1) is 14.1. The topological polar surface area (TPSA) is 93.2 Å². The molecule has 152 valence electrons. The normalized spacial score (nSPS) is 15.5. The lowest BCUT2D eigenvalue weighted by Gasteiger charge is -2.33. The molecule has 1 aliphatic rings. The molecule has 3 aromatic rings. The van der Waals surface area contributed by atoms with E-state index in [0.29, 0.717) is 17.3 Å². The van der Waals surface area contributed by atoms with Crippen LogP contribution in [0.1, 0.15) is 34.7 Å². The van der Waals surface area contributed by atoms with E-state index in [1.54, 1.807) is 23.2 Å². The number of carbonyl (C=O) groups is 1. The Labute approximate surface area is 169 Å². The van der Waals surface area contributed by atoms with E-state index in [1.165, 1.54) is 11.0 Å². The van der Waals surface area contributed by atoms with Gasteiger partial charge in [0.05, 0.1) is 6.54 Å². The number of rotatable bonds is 6. The van der Waals surface area contributed by atoms with Gasteiger partial charge in [0.25, 0.3) is 5.91 Å². The van der Waals surface area contributed by atoms with Crippen molar-refractivity contribution in [3.05, 3.63) is 53.9 Å². The van der Waals surface area contributed by atoms with Crippen LogP contribution >= 0.6 is 0 Å². The van der Waals surface area contributed by atoms with Gasteiger partial charge in [-0.25, -0.2) is 4.98 Å². The molecule has 9 nitrogen and oxygen atoms in total. The fourth-order valence-electron chi connectivity index (χ4n) is 3.75. The summed E-state index contributed by atoms with van der Waals surface area (Å²) >= 11 is 0. The fraction of sp³-hybridized carbons (Fsp3) is 0.450. The number of hydrogen-bond donors (Lipinski definition) is 0. The summed E-state index contributed by atoms with van der Waals surface area (Å²) in [5.41, 5.74) is 0.582. The average molecular weight is 395 g/mol. The maximum absolute atomic E-state index is 12.9. The number of aromatic nitrogens is 5. The van der Waals surface area contributed by atoms with Crippen LogP contribution < -0.4 is 0 Å². The predicted molar refractivity (Wildman–Crippen MR) is 105 cm³/mol. The highest BCUT2D eigenvalue weighted by Crippen LogP contribution is 2.21. The summed E-state index contributed by atoms with van der Waals surface area (Å²) in [5, 5.41) is 11.0. The van der Waals surface area contributed by atoms with Gasteiger partial charge in [0, 0.05) is 25.4 Å². The van der Waals surface area contributed by atoms with E-state index < -0.39 is 0 Å². The molecule has 3 aromatic heterocycles. The minimum Gasteiger partial charge on any atom is -0.465 e. The van der Waals surface area contributed by atoms with Gasteiger partial charge in [-0.1, -0.05) is 0 Å². The van der Waals surface area contributed by atoms with Gasteiger partial charge in [-0.3, -0.25) is 9.69 Å². The molecule has 0 atom stereocenters. The summed E-state index contributed by atoms with van der Waals surface area (Å²) in [6.45, 7) is 5.61. The van der Waals surface area contributed by atoms with Crippen LogP contribution in [-0.4, -0.2) is 67.6 Å². The first kappa shape index (κ1) is 19.3. The van der Waals surface area contributed by atoms with Gasteiger partial charge in [0.2, 0.25) is 0 Å². The number of aryl methyl sites for hydroxylation is 1. The van der Waals surface area contributed by atoms with E-state index >= 15 is 0 Å². The summed E-state index contributed by atoms with van der Waals surface area (Å²) in [5.74, 6) is 2.98. The molecule has 4 heterocycles. The molecule has 1 amide bonds. The van der Waals surface area contributed by atoms with Crippen LogP contribution in [0.5, 0.6) is 0 Å². The van der Waals surface area contributed by atoms with Crippen LogP contribution in [0, 0.1) is 12.8 Å². The van der Waals surface area contributed by atoms with Crippen molar-refractivity contribution in [1.82, 2.24) is 35.0 Å². The standard InChI is InChI=1S/C20H25N7O2/c1-15-3-4-18(29-15)13-26-9-6-16(7-10-26)12-25(2)20(28)17-5-8-21-19(11-17)27-14-22-23-24-27/h3-5,8,11,14,16H,6-7,9-10,12-13H2,1-2H3. The first-order valence-electron chi connectivity index (χ1n) is 9.81. The van der Waals surface area contributed by atoms with Crippen molar-refractivity contribution in [1.29, 1.82) is 0 Å². The minimum atomic E-state index is -0.0183. The number of carbonyl (C=O) groups excluding carboxylic acids is 1. The maximum Gasteiger partial charge on any atom is 0.253 e. The van der Waals surface area contributed by atoms with E-state index in [1.807, 2.05) is 26.1 Å². The van der Waals surface area contributed by atoms with E-state index in [4.69, 9.17) is 4.42 Å². The minimum absolute atomic E-state index is 0.0183. The molecular weight excluding hydrogens is 370 g/mol. The Morgan fingerprint density at radius 2 is 2.10 bits per heavy atom. The zero-order valence-electron chi connectivity index (χ0n) is 16.7. The molecule has 4 rings (SSSR count). The highest BCUT2D eigenvalue weighted by molar-refractivity contribution is 5.94. The average Bonchev–Trinajstić information content (AvgIpc) is 3.41. The van der Waals surface area contributed by atoms with Crippen LogP contribution in [0.2, 0.25) is 0 Å². The number of furan rings is 1. The van der Waals surface area contributed by atoms with Crippen molar-refractivity contribution in [2.45, 2.75) is 26.3 Å². The molecule has 0 bridgehead atoms. The third kappa shape index (κ3) is 4.68. The maximum atomic E-state index is 12.9. The van der Waals surface area contributed by atoms with Crippen molar-refractivity contribution in [2.24, 2.45) is 5.92 Å². The Balaban J connectivity index is 1.30. The third-order valence-electron chi connectivity index (χ3n) is 5.34. The molecule has 0 N–H and O–H groups in total. The molecule has 0 radical (unpaired) electrons. The molecule has 0 saturated carbocycles. The molecule has 1 fully saturated rings. The molecule has 0 unspecified atom stereocenters. The lowest BCUT2D eigenvalue weighted by atomic mass is 9.96. The van der Waals surface area contributed by atoms with E-state index in [0.717, 1.165) is 50.5 Å². The molecule has 1 aliphatic heterocycles. The Morgan fingerprint density at radius 1 is 1.28 bits per heavy atom. The zero-order valence-corrected chi connectivity index (χ0v) is 16.7. The second kappa shape index (κ2) is 8.52. The molecule has 1 saturated heterocycles. The number of likely N-dealkylation sites (tertiary alicyclic amines) is 1. The van der Waals surface area contributed by atoms with E-state index in [9.17, 15) is 4.79 Å². The highest BCUT2D eigenvalue weighted by atomic mass is 16.3. The number of amides is 1. The van der Waals surface area contributed by atoms with Gasteiger partial charge in [0.15, 0.2) is 5.82 Å². The number of piperidine rings is 1. The van der Waals surface area contributed by atoms with Crippen molar-refractivity contribution in [3.8, 4) is 5.82 Å². The smallest absolute Gasteiger partial charge is 0.253 e. The summed E-state index contributed by atoms with van der Waals surface area (Å²) in [6.07, 6.45) is 5.21. The number of tetrazole rings is 1. The van der Waals surface area contributed by atoms with Crippen LogP contribution in [0.15, 0.2) is 41.2 Å². The van der Waals surface area contributed by atoms with Crippen LogP contribution in [-0.2, 0) is 6.54 Å². The van der Waals surface area contributed by atoms with Gasteiger partial charge < -0.3 is 9.32 Å². The molecule has 0 aromatic carbocycles. The Hall–Kier alpha value is -3.07. The first-order valence-corrected chi connectivity index (χ1v) is 9.81. The second-order valence-corrected chi connectivity index (χ2v) is 7.57. The predicted octanol–water partition coefficient (Wildman–Crippen LogP) is 1.94. The fourth-order valence-corrected chi connectivity index (χ4v) is 3.75. The zero-order chi connectivity index (χ0) is 20.2. The Bertz CT molecular complexity index is 945. The van der Waals surface area contributed by atoms with E-state index in [-0.39, 0.29) is 5.91 Å². The monoisotopic (exact) mass is 395 g/mol. The quantitative estimate of drug-likeness (QED) is 0.630. The largest absolute Gasteiger partial charge is 0.465 e. The molecular formula is C20H25N7O2. The molecule has 0 aliphatic carbocycles. The van der Waals surface area contributed by atoms with Gasteiger partial charge in [-0.05, 0) is 73.5 Å². The van der Waals surface area contributed by atoms with Gasteiger partial charge in [-0.2, -0.15) is 4.68 Å². The van der Waals surface area contributed by atoms with Gasteiger partial charge in [0.1, 0.15) is 17.8 Å². The Kier molecular flexibility index (Phi) is 5.66. The van der Waals surface area contributed by atoms with Crippen LogP contribution in [0.4, 0.5) is 0 Å². The van der Waals surface area contributed by atoms with Crippen LogP contribution in [0.25, 0.3) is 5.82 Å². The summed E-state index contributed by atoms with van der Waals surface area (Å²) in [6, 6.07) is 7.49. The Morgan fingerprint density at radius 3 is 2.79 bits per heavy atom. The highest BCUT2D eigenvalue weighted by Gasteiger charge is 2.23. The molecule has 9 heteroatoms. The summed E-state index contributed by atoms with van der Waals surface area (Å²) in [4.78, 5) is 21.3. The van der Waals surface area contributed by atoms with Crippen molar-refractivity contribution in [3.63, 3.8) is 0 Å². The lowest BCUT2D eigenvalue weighted by Crippen LogP contribution is -2.39.